The third-order valence-corrected chi connectivity index (χ3v) is 8.95. The molecule has 40 heavy (non-hydrogen) atoms. The summed E-state index contributed by atoms with van der Waals surface area (Å²) in [5.41, 5.74) is 2.61. The number of hydrogen-bond acceptors (Lipinski definition) is 10. The van der Waals surface area contributed by atoms with E-state index in [1.54, 1.807) is 0 Å². The number of fused-ring (bicyclic) bond motifs is 3. The topological polar surface area (TPSA) is 192 Å². The summed E-state index contributed by atoms with van der Waals surface area (Å²) in [6.45, 7) is 1.17. The average molecular weight is 554 g/mol. The van der Waals surface area contributed by atoms with E-state index in [-0.39, 0.29) is 48.0 Å². The van der Waals surface area contributed by atoms with Crippen molar-refractivity contribution in [3.8, 4) is 5.75 Å². The molecular weight excluding hydrogens is 522 g/mol. The summed E-state index contributed by atoms with van der Waals surface area (Å²) in [6.07, 6.45) is 1.44. The number of phenols is 1. The van der Waals surface area contributed by atoms with Crippen molar-refractivity contribution in [3.63, 3.8) is 0 Å². The molecule has 1 aromatic carbocycles. The molecular formula is C28H31N3O9. The Kier molecular flexibility index (Phi) is 6.54. The number of phenolic OH excluding ortho intramolecular Hbond substituents is 1. The number of rotatable bonds is 6. The first kappa shape index (κ1) is 27.8. The first-order valence-electron chi connectivity index (χ1n) is 13.2. The van der Waals surface area contributed by atoms with Gasteiger partial charge in [0.1, 0.15) is 5.75 Å². The molecule has 12 nitrogen and oxygen atoms in total. The molecule has 3 fully saturated rings. The Morgan fingerprint density at radius 1 is 1.07 bits per heavy atom. The highest BCUT2D eigenvalue weighted by Gasteiger charge is 2.69. The second-order valence-corrected chi connectivity index (χ2v) is 11.6. The van der Waals surface area contributed by atoms with Gasteiger partial charge < -0.3 is 20.8 Å². The van der Waals surface area contributed by atoms with Gasteiger partial charge in [-0.15, -0.1) is 0 Å². The Hall–Kier alpha value is -3.77. The molecule has 0 spiro atoms. The summed E-state index contributed by atoms with van der Waals surface area (Å²) in [5.74, 6) is -12.3. The number of nitrogens with two attached hydrogens (primary N) is 1. The summed E-state index contributed by atoms with van der Waals surface area (Å²) in [5, 5.41) is 22.3. The van der Waals surface area contributed by atoms with Crippen LogP contribution in [0.15, 0.2) is 12.1 Å². The van der Waals surface area contributed by atoms with E-state index in [4.69, 9.17) is 5.73 Å². The molecule has 1 aromatic rings. The molecule has 0 bridgehead atoms. The summed E-state index contributed by atoms with van der Waals surface area (Å²) in [4.78, 5) is 94.6. The third-order valence-electron chi connectivity index (χ3n) is 8.95. The fourth-order valence-electron chi connectivity index (χ4n) is 6.99. The van der Waals surface area contributed by atoms with Crippen LogP contribution in [-0.4, -0.2) is 99.1 Å². The number of aromatic hydroxyl groups is 1. The molecule has 3 saturated carbocycles. The number of ketones is 5. The number of carbonyl (C=O) groups excluding carboxylic acids is 7. The molecule has 6 atom stereocenters. The monoisotopic (exact) mass is 553 g/mol. The molecule has 2 amide bonds. The fraction of sp³-hybridized carbons (Fsp3) is 0.536. The maximum atomic E-state index is 13.9. The van der Waals surface area contributed by atoms with Crippen molar-refractivity contribution in [2.75, 3.05) is 20.6 Å². The van der Waals surface area contributed by atoms with E-state index in [0.29, 0.717) is 0 Å². The second-order valence-electron chi connectivity index (χ2n) is 11.6. The largest absolute Gasteiger partial charge is 0.507 e. The lowest BCUT2D eigenvalue weighted by Gasteiger charge is -2.52. The molecule has 5 rings (SSSR count). The Balaban J connectivity index is 1.57. The Morgan fingerprint density at radius 2 is 1.73 bits per heavy atom. The van der Waals surface area contributed by atoms with Gasteiger partial charge in [0, 0.05) is 24.4 Å². The van der Waals surface area contributed by atoms with Crippen molar-refractivity contribution >= 4 is 40.7 Å². The molecule has 0 saturated heterocycles. The van der Waals surface area contributed by atoms with E-state index < -0.39 is 75.9 Å². The molecule has 212 valence electrons. The number of likely N-dealkylation sites (N-methyl/N-ethyl adjacent to an activating group) is 1. The lowest BCUT2D eigenvalue weighted by Crippen LogP contribution is -2.74. The SMILES string of the molecule is CC(=O)N(CC(=O)c1ccc(O)c2c1C[C@H]1C[C@H]3[C@H](N(C)C)C(=O)C(C(N)=O)C(=O)[C@@]3(O)C(=O)C1C2=O)C1CC1. The van der Waals surface area contributed by atoms with E-state index >= 15 is 0 Å². The van der Waals surface area contributed by atoms with Crippen LogP contribution in [-0.2, 0) is 30.4 Å². The molecule has 0 heterocycles. The van der Waals surface area contributed by atoms with E-state index in [0.717, 1.165) is 12.8 Å². The zero-order valence-electron chi connectivity index (χ0n) is 22.4. The van der Waals surface area contributed by atoms with Gasteiger partial charge >= 0.3 is 0 Å². The summed E-state index contributed by atoms with van der Waals surface area (Å²) >= 11 is 0. The molecule has 4 aliphatic carbocycles. The van der Waals surface area contributed by atoms with E-state index in [9.17, 15) is 43.8 Å². The number of nitrogens with zero attached hydrogens (tertiary/aromatic N) is 2. The molecule has 0 aromatic heterocycles. The summed E-state index contributed by atoms with van der Waals surface area (Å²) in [6, 6.07) is 1.31. The molecule has 0 radical (unpaired) electrons. The van der Waals surface area contributed by atoms with Crippen molar-refractivity contribution in [3.05, 3.63) is 28.8 Å². The van der Waals surface area contributed by atoms with Gasteiger partial charge in [-0.25, -0.2) is 0 Å². The van der Waals surface area contributed by atoms with Gasteiger partial charge in [-0.2, -0.15) is 0 Å². The maximum Gasteiger partial charge on any atom is 0.235 e. The fourth-order valence-corrected chi connectivity index (χ4v) is 6.99. The first-order chi connectivity index (χ1) is 18.7. The second kappa shape index (κ2) is 9.41. The summed E-state index contributed by atoms with van der Waals surface area (Å²) in [7, 11) is 3.01. The van der Waals surface area contributed by atoms with Crippen LogP contribution >= 0.6 is 0 Å². The van der Waals surface area contributed by atoms with Crippen molar-refractivity contribution in [1.82, 2.24) is 9.80 Å². The minimum Gasteiger partial charge on any atom is -0.507 e. The van der Waals surface area contributed by atoms with Crippen molar-refractivity contribution in [2.45, 2.75) is 50.3 Å². The van der Waals surface area contributed by atoms with Crippen LogP contribution in [0.1, 0.15) is 52.5 Å². The molecule has 4 N–H and O–H groups in total. The third kappa shape index (κ3) is 3.92. The first-order valence-corrected chi connectivity index (χ1v) is 13.2. The Morgan fingerprint density at radius 3 is 2.27 bits per heavy atom. The van der Waals surface area contributed by atoms with Crippen LogP contribution in [0.3, 0.4) is 0 Å². The molecule has 0 aliphatic heterocycles. The highest BCUT2D eigenvalue weighted by molar-refractivity contribution is 6.32. The minimum absolute atomic E-state index is 0.0230. The lowest BCUT2D eigenvalue weighted by atomic mass is 9.52. The number of hydrogen-bond donors (Lipinski definition) is 3. The normalized spacial score (nSPS) is 31.4. The molecule has 12 heteroatoms. The van der Waals surface area contributed by atoms with Crippen LogP contribution in [0, 0.1) is 23.7 Å². The van der Waals surface area contributed by atoms with Crippen LogP contribution < -0.4 is 5.73 Å². The van der Waals surface area contributed by atoms with Gasteiger partial charge in [-0.3, -0.25) is 38.5 Å². The number of primary amides is 1. The highest BCUT2D eigenvalue weighted by Crippen LogP contribution is 2.51. The van der Waals surface area contributed by atoms with Gasteiger partial charge in [0.05, 0.1) is 24.1 Å². The zero-order chi connectivity index (χ0) is 29.4. The average Bonchev–Trinajstić information content (AvgIpc) is 3.69. The molecule has 4 aliphatic rings. The van der Waals surface area contributed by atoms with Gasteiger partial charge in [-0.1, -0.05) is 0 Å². The van der Waals surface area contributed by atoms with Gasteiger partial charge in [0.2, 0.25) is 11.8 Å². The van der Waals surface area contributed by atoms with E-state index in [1.807, 2.05) is 0 Å². The number of Topliss-reactive ketones (excluding diaryl/α,β-unsaturated/α-hetero) is 5. The molecule has 2 unspecified atom stereocenters. The van der Waals surface area contributed by atoms with Gasteiger partial charge in [0.25, 0.3) is 0 Å². The van der Waals surface area contributed by atoms with Crippen LogP contribution in [0.2, 0.25) is 0 Å². The lowest BCUT2D eigenvalue weighted by molar-refractivity contribution is -0.181. The maximum absolute atomic E-state index is 13.9. The Labute approximate surface area is 229 Å². The standard InChI is InChI=1S/C28H31N3O9/c1-11(32)31(13-4-5-13)10-18(34)14-6-7-17(33)20-15(14)8-12-9-16-22(30(2)3)24(36)21(27(29)39)26(38)28(16,40)25(37)19(12)23(20)35/h6-7,12-13,16,19,21-22,33,40H,4-5,8-10H2,1-3H3,(H2,29,39)/t12-,16-,19?,21?,22-,28-/m0/s1. The predicted octanol–water partition coefficient (Wildman–Crippen LogP) is -0.939. The number of benzene rings is 1. The minimum atomic E-state index is -2.81. The van der Waals surface area contributed by atoms with Gasteiger partial charge in [0.15, 0.2) is 40.4 Å². The number of carbonyl (C=O) groups is 7. The van der Waals surface area contributed by atoms with E-state index in [1.165, 1.54) is 43.0 Å². The predicted molar refractivity (Wildman–Crippen MR) is 136 cm³/mol. The summed E-state index contributed by atoms with van der Waals surface area (Å²) < 4.78 is 0. The van der Waals surface area contributed by atoms with Crippen molar-refractivity contribution in [2.24, 2.45) is 29.4 Å². The van der Waals surface area contributed by atoms with Crippen molar-refractivity contribution in [1.29, 1.82) is 0 Å². The zero-order valence-corrected chi connectivity index (χ0v) is 22.4. The van der Waals surface area contributed by atoms with Crippen LogP contribution in [0.5, 0.6) is 5.75 Å². The Bertz CT molecular complexity index is 1400. The highest BCUT2D eigenvalue weighted by atomic mass is 16.3. The van der Waals surface area contributed by atoms with Crippen LogP contribution in [0.25, 0.3) is 0 Å². The quantitative estimate of drug-likeness (QED) is 0.292. The van der Waals surface area contributed by atoms with E-state index in [2.05, 4.69) is 0 Å². The van der Waals surface area contributed by atoms with Gasteiger partial charge in [-0.05, 0) is 63.4 Å². The number of amides is 2. The van der Waals surface area contributed by atoms with Crippen LogP contribution in [0.4, 0.5) is 0 Å². The smallest absolute Gasteiger partial charge is 0.235 e. The number of aliphatic hydroxyl groups is 1. The van der Waals surface area contributed by atoms with Crippen molar-refractivity contribution < 1.29 is 43.8 Å².